The molecule has 1 aliphatic carbocycles. The Bertz CT molecular complexity index is 374. The number of hydrogen-bond donors (Lipinski definition) is 1. The number of rotatable bonds is 2. The third kappa shape index (κ3) is 5.38. The summed E-state index contributed by atoms with van der Waals surface area (Å²) in [5.74, 6) is -2.65. The molecule has 0 heterocycles. The Kier molecular flexibility index (Phi) is 5.05. The number of nitrogens with one attached hydrogen (secondary N) is 1. The number of hydrogen-bond acceptors (Lipinski definition) is 3. The quantitative estimate of drug-likeness (QED) is 0.852. The van der Waals surface area contributed by atoms with Gasteiger partial charge in [-0.1, -0.05) is 0 Å². The van der Waals surface area contributed by atoms with E-state index in [1.807, 2.05) is 0 Å². The van der Waals surface area contributed by atoms with Crippen molar-refractivity contribution < 1.29 is 27.5 Å². The fraction of sp³-hybridized carbons (Fsp3) is 0.846. The van der Waals surface area contributed by atoms with Crippen molar-refractivity contribution in [3.05, 3.63) is 0 Å². The average Bonchev–Trinajstić information content (AvgIpc) is 2.22. The van der Waals surface area contributed by atoms with Gasteiger partial charge >= 0.3 is 12.3 Å². The fourth-order valence-corrected chi connectivity index (χ4v) is 2.26. The molecule has 1 amide bonds. The SMILES string of the molecule is CC(C)(C)OC(=O)NCC1CC(=O)CCC1C(F)(F)F. The van der Waals surface area contributed by atoms with Crippen molar-refractivity contribution in [3.8, 4) is 0 Å². The molecule has 2 unspecified atom stereocenters. The van der Waals surface area contributed by atoms with Crippen LogP contribution < -0.4 is 5.32 Å². The number of halogens is 3. The Morgan fingerprint density at radius 1 is 1.35 bits per heavy atom. The molecule has 0 aromatic carbocycles. The highest BCUT2D eigenvalue weighted by molar-refractivity contribution is 5.79. The predicted octanol–water partition coefficient (Wildman–Crippen LogP) is 3.06. The van der Waals surface area contributed by atoms with Crippen LogP contribution in [0.1, 0.15) is 40.0 Å². The van der Waals surface area contributed by atoms with E-state index < -0.39 is 29.7 Å². The molecule has 0 saturated heterocycles. The van der Waals surface area contributed by atoms with E-state index in [1.54, 1.807) is 20.8 Å². The van der Waals surface area contributed by atoms with Gasteiger partial charge in [-0.3, -0.25) is 4.79 Å². The van der Waals surface area contributed by atoms with Gasteiger partial charge in [0.1, 0.15) is 11.4 Å². The number of carbonyl (C=O) groups is 2. The topological polar surface area (TPSA) is 55.4 Å². The Labute approximate surface area is 116 Å². The average molecular weight is 295 g/mol. The van der Waals surface area contributed by atoms with Crippen molar-refractivity contribution in [3.63, 3.8) is 0 Å². The molecule has 0 bridgehead atoms. The van der Waals surface area contributed by atoms with Crippen molar-refractivity contribution in [2.75, 3.05) is 6.54 Å². The molecule has 1 saturated carbocycles. The molecule has 20 heavy (non-hydrogen) atoms. The Balaban J connectivity index is 2.58. The highest BCUT2D eigenvalue weighted by Crippen LogP contribution is 2.40. The van der Waals surface area contributed by atoms with Crippen LogP contribution >= 0.6 is 0 Å². The van der Waals surface area contributed by atoms with E-state index in [4.69, 9.17) is 4.74 Å². The number of ether oxygens (including phenoxy) is 1. The number of ketones is 1. The summed E-state index contributed by atoms with van der Waals surface area (Å²) in [6, 6.07) is 0. The van der Waals surface area contributed by atoms with E-state index in [0.717, 1.165) is 0 Å². The highest BCUT2D eigenvalue weighted by atomic mass is 19.4. The lowest BCUT2D eigenvalue weighted by Crippen LogP contribution is -2.43. The third-order valence-corrected chi connectivity index (χ3v) is 3.12. The summed E-state index contributed by atoms with van der Waals surface area (Å²) in [5.41, 5.74) is -0.712. The monoisotopic (exact) mass is 295 g/mol. The zero-order valence-electron chi connectivity index (χ0n) is 11.8. The standard InChI is InChI=1S/C13H20F3NO3/c1-12(2,3)20-11(19)17-7-8-6-9(18)4-5-10(8)13(14,15)16/h8,10H,4-7H2,1-3H3,(H,17,19). The van der Waals surface area contributed by atoms with Crippen LogP contribution in [0.3, 0.4) is 0 Å². The lowest BCUT2D eigenvalue weighted by molar-refractivity contribution is -0.195. The first-order valence-corrected chi connectivity index (χ1v) is 6.54. The summed E-state index contributed by atoms with van der Waals surface area (Å²) >= 11 is 0. The maximum atomic E-state index is 12.9. The van der Waals surface area contributed by atoms with E-state index in [9.17, 15) is 22.8 Å². The molecule has 0 aromatic rings. The Morgan fingerprint density at radius 3 is 2.45 bits per heavy atom. The van der Waals surface area contributed by atoms with Gasteiger partial charge in [-0.2, -0.15) is 13.2 Å². The normalized spacial score (nSPS) is 24.4. The summed E-state index contributed by atoms with van der Waals surface area (Å²) < 4.78 is 43.5. The van der Waals surface area contributed by atoms with E-state index in [1.165, 1.54) is 0 Å². The molecule has 0 aliphatic heterocycles. The van der Waals surface area contributed by atoms with Gasteiger partial charge in [0.05, 0.1) is 5.92 Å². The van der Waals surface area contributed by atoms with Gasteiger partial charge in [-0.25, -0.2) is 4.79 Å². The van der Waals surface area contributed by atoms with Gasteiger partial charge in [0.2, 0.25) is 0 Å². The van der Waals surface area contributed by atoms with Crippen LogP contribution in [-0.2, 0) is 9.53 Å². The molecule has 1 aliphatic rings. The molecule has 1 N–H and O–H groups in total. The predicted molar refractivity (Wildman–Crippen MR) is 66.1 cm³/mol. The first kappa shape index (κ1) is 16.8. The van der Waals surface area contributed by atoms with Gasteiger partial charge in [-0.05, 0) is 33.1 Å². The second-order valence-corrected chi connectivity index (χ2v) is 6.07. The molecule has 0 aromatic heterocycles. The number of carbonyl (C=O) groups excluding carboxylic acids is 2. The van der Waals surface area contributed by atoms with Gasteiger partial charge in [0.25, 0.3) is 0 Å². The van der Waals surface area contributed by atoms with E-state index in [0.29, 0.717) is 0 Å². The van der Waals surface area contributed by atoms with Crippen molar-refractivity contribution >= 4 is 11.9 Å². The second kappa shape index (κ2) is 6.01. The minimum absolute atomic E-state index is 0.0485. The molecule has 1 fully saturated rings. The molecule has 1 rings (SSSR count). The molecule has 0 radical (unpaired) electrons. The van der Waals surface area contributed by atoms with Crippen LogP contribution in [-0.4, -0.2) is 30.2 Å². The highest BCUT2D eigenvalue weighted by Gasteiger charge is 2.47. The molecular formula is C13H20F3NO3. The lowest BCUT2D eigenvalue weighted by atomic mass is 9.78. The smallest absolute Gasteiger partial charge is 0.407 e. The molecule has 4 nitrogen and oxygen atoms in total. The molecular weight excluding hydrogens is 275 g/mol. The van der Waals surface area contributed by atoms with Gasteiger partial charge in [0.15, 0.2) is 0 Å². The molecule has 116 valence electrons. The summed E-state index contributed by atoms with van der Waals surface area (Å²) in [6.07, 6.45) is -5.52. The van der Waals surface area contributed by atoms with Gasteiger partial charge < -0.3 is 10.1 Å². The largest absolute Gasteiger partial charge is 0.444 e. The molecule has 2 atom stereocenters. The van der Waals surface area contributed by atoms with Crippen LogP contribution in [0.2, 0.25) is 0 Å². The van der Waals surface area contributed by atoms with Crippen LogP contribution in [0, 0.1) is 11.8 Å². The maximum absolute atomic E-state index is 12.9. The molecule has 0 spiro atoms. The number of alkyl carbamates (subject to hydrolysis) is 1. The first-order chi connectivity index (χ1) is 8.99. The summed E-state index contributed by atoms with van der Waals surface area (Å²) in [5, 5.41) is 2.32. The Hall–Kier alpha value is -1.27. The lowest BCUT2D eigenvalue weighted by Gasteiger charge is -2.32. The van der Waals surface area contributed by atoms with E-state index in [2.05, 4.69) is 5.32 Å². The first-order valence-electron chi connectivity index (χ1n) is 6.54. The van der Waals surface area contributed by atoms with Crippen LogP contribution in [0.15, 0.2) is 0 Å². The fourth-order valence-electron chi connectivity index (χ4n) is 2.26. The number of Topliss-reactive ketones (excluding diaryl/α,β-unsaturated/α-hetero) is 1. The summed E-state index contributed by atoms with van der Waals surface area (Å²) in [6.45, 7) is 4.78. The Morgan fingerprint density at radius 2 is 1.95 bits per heavy atom. The van der Waals surface area contributed by atoms with Crippen LogP contribution in [0.25, 0.3) is 0 Å². The van der Waals surface area contributed by atoms with Gasteiger partial charge in [-0.15, -0.1) is 0 Å². The van der Waals surface area contributed by atoms with Crippen molar-refractivity contribution in [2.24, 2.45) is 11.8 Å². The van der Waals surface area contributed by atoms with Crippen molar-refractivity contribution in [2.45, 2.75) is 51.8 Å². The molecule has 7 heteroatoms. The summed E-state index contributed by atoms with van der Waals surface area (Å²) in [4.78, 5) is 22.7. The zero-order valence-corrected chi connectivity index (χ0v) is 11.8. The van der Waals surface area contributed by atoms with Gasteiger partial charge in [0, 0.05) is 19.4 Å². The zero-order chi connectivity index (χ0) is 15.6. The van der Waals surface area contributed by atoms with Crippen molar-refractivity contribution in [1.82, 2.24) is 5.32 Å². The van der Waals surface area contributed by atoms with E-state index >= 15 is 0 Å². The number of alkyl halides is 3. The van der Waals surface area contributed by atoms with E-state index in [-0.39, 0.29) is 31.6 Å². The third-order valence-electron chi connectivity index (χ3n) is 3.12. The van der Waals surface area contributed by atoms with Crippen molar-refractivity contribution in [1.29, 1.82) is 0 Å². The second-order valence-electron chi connectivity index (χ2n) is 6.07. The number of amides is 1. The summed E-state index contributed by atoms with van der Waals surface area (Å²) in [7, 11) is 0. The van der Waals surface area contributed by atoms with Crippen LogP contribution in [0.5, 0.6) is 0 Å². The van der Waals surface area contributed by atoms with Crippen LogP contribution in [0.4, 0.5) is 18.0 Å². The minimum atomic E-state index is -4.35. The minimum Gasteiger partial charge on any atom is -0.444 e. The maximum Gasteiger partial charge on any atom is 0.407 e.